The zero-order valence-electron chi connectivity index (χ0n) is 11.4. The first-order chi connectivity index (χ1) is 9.78. The van der Waals surface area contributed by atoms with Gasteiger partial charge in [0.15, 0.2) is 0 Å². The van der Waals surface area contributed by atoms with Gasteiger partial charge in [0.05, 0.1) is 0 Å². The van der Waals surface area contributed by atoms with Gasteiger partial charge in [0, 0.05) is 22.2 Å². The van der Waals surface area contributed by atoms with Gasteiger partial charge in [-0.05, 0) is 54.7 Å². The summed E-state index contributed by atoms with van der Waals surface area (Å²) in [5, 5.41) is 15.8. The van der Waals surface area contributed by atoms with Gasteiger partial charge in [-0.2, -0.15) is 0 Å². The fraction of sp³-hybridized carbons (Fsp3) is 0.500. The Labute approximate surface area is 127 Å². The molecule has 2 nitrogen and oxygen atoms in total. The molecule has 2 aromatic heterocycles. The molecule has 5 rings (SSSR count). The summed E-state index contributed by atoms with van der Waals surface area (Å²) in [7, 11) is 0. The van der Waals surface area contributed by atoms with Gasteiger partial charge in [-0.3, -0.25) is 0 Å². The summed E-state index contributed by atoms with van der Waals surface area (Å²) in [4.78, 5) is 4.74. The van der Waals surface area contributed by atoms with Crippen molar-refractivity contribution in [1.82, 2.24) is 4.90 Å². The van der Waals surface area contributed by atoms with E-state index in [1.807, 2.05) is 0 Å². The van der Waals surface area contributed by atoms with Crippen molar-refractivity contribution in [3.05, 3.63) is 44.8 Å². The van der Waals surface area contributed by atoms with Gasteiger partial charge in [-0.25, -0.2) is 0 Å². The number of aliphatic hydroxyl groups is 1. The fourth-order valence-corrected chi connectivity index (χ4v) is 5.78. The molecule has 3 aliphatic heterocycles. The lowest BCUT2D eigenvalue weighted by atomic mass is 9.69. The van der Waals surface area contributed by atoms with Gasteiger partial charge < -0.3 is 10.0 Å². The van der Waals surface area contributed by atoms with E-state index in [1.165, 1.54) is 25.9 Å². The Bertz CT molecular complexity index is 521. The number of hydrogen-bond donors (Lipinski definition) is 1. The van der Waals surface area contributed by atoms with E-state index in [0.717, 1.165) is 16.3 Å². The van der Waals surface area contributed by atoms with Crippen LogP contribution in [0.25, 0.3) is 0 Å². The van der Waals surface area contributed by atoms with E-state index in [2.05, 4.69) is 39.9 Å². The van der Waals surface area contributed by atoms with Crippen LogP contribution >= 0.6 is 22.7 Å². The Morgan fingerprint density at radius 3 is 2.05 bits per heavy atom. The minimum Gasteiger partial charge on any atom is -0.378 e. The Balaban J connectivity index is 1.80. The van der Waals surface area contributed by atoms with Crippen LogP contribution in [0.2, 0.25) is 0 Å². The summed E-state index contributed by atoms with van der Waals surface area (Å²) >= 11 is 3.37. The fourth-order valence-electron chi connectivity index (χ4n) is 3.92. The van der Waals surface area contributed by atoms with Crippen LogP contribution < -0.4 is 0 Å². The number of rotatable bonds is 3. The maximum Gasteiger partial charge on any atom is 0.137 e. The largest absolute Gasteiger partial charge is 0.378 e. The first kappa shape index (κ1) is 13.0. The van der Waals surface area contributed by atoms with Gasteiger partial charge in [-0.15, -0.1) is 22.7 Å². The van der Waals surface area contributed by atoms with Gasteiger partial charge in [0.2, 0.25) is 0 Å². The second-order valence-electron chi connectivity index (χ2n) is 5.97. The normalized spacial score (nSPS) is 29.8. The van der Waals surface area contributed by atoms with E-state index < -0.39 is 5.60 Å². The molecule has 1 atom stereocenters. The topological polar surface area (TPSA) is 23.5 Å². The van der Waals surface area contributed by atoms with Crippen molar-refractivity contribution in [2.24, 2.45) is 11.8 Å². The molecule has 0 aromatic carbocycles. The van der Waals surface area contributed by atoms with Crippen molar-refractivity contribution in [2.75, 3.05) is 19.6 Å². The molecular formula is C16H19NOS2. The highest BCUT2D eigenvalue weighted by atomic mass is 32.1. The van der Waals surface area contributed by atoms with Crippen molar-refractivity contribution >= 4 is 22.7 Å². The van der Waals surface area contributed by atoms with Crippen LogP contribution in [0.4, 0.5) is 0 Å². The van der Waals surface area contributed by atoms with Crippen LogP contribution in [-0.2, 0) is 5.60 Å². The first-order valence-corrected chi connectivity index (χ1v) is 9.07. The summed E-state index contributed by atoms with van der Waals surface area (Å²) < 4.78 is 0. The van der Waals surface area contributed by atoms with E-state index >= 15 is 0 Å². The van der Waals surface area contributed by atoms with Crippen molar-refractivity contribution in [1.29, 1.82) is 0 Å². The molecule has 106 valence electrons. The zero-order chi connectivity index (χ0) is 13.6. The summed E-state index contributed by atoms with van der Waals surface area (Å²) in [5.74, 6) is 0.997. The molecule has 5 heterocycles. The molecule has 1 unspecified atom stereocenters. The van der Waals surface area contributed by atoms with Gasteiger partial charge in [0.1, 0.15) is 5.60 Å². The highest BCUT2D eigenvalue weighted by Crippen LogP contribution is 2.49. The maximum atomic E-state index is 11.7. The van der Waals surface area contributed by atoms with E-state index in [9.17, 15) is 5.11 Å². The summed E-state index contributed by atoms with van der Waals surface area (Å²) in [6.45, 7) is 3.47. The average Bonchev–Trinajstić information content (AvgIpc) is 3.21. The number of thiophene rings is 2. The van der Waals surface area contributed by atoms with Crippen LogP contribution in [0.3, 0.4) is 0 Å². The Morgan fingerprint density at radius 2 is 1.65 bits per heavy atom. The number of nitrogens with zero attached hydrogens (tertiary/aromatic N) is 1. The quantitative estimate of drug-likeness (QED) is 0.939. The second-order valence-corrected chi connectivity index (χ2v) is 7.86. The smallest absolute Gasteiger partial charge is 0.137 e. The molecule has 0 spiro atoms. The lowest BCUT2D eigenvalue weighted by Gasteiger charge is -2.50. The molecule has 3 saturated heterocycles. The monoisotopic (exact) mass is 305 g/mol. The first-order valence-electron chi connectivity index (χ1n) is 7.31. The minimum atomic E-state index is -0.786. The van der Waals surface area contributed by atoms with Crippen LogP contribution in [0.15, 0.2) is 35.0 Å². The molecular weight excluding hydrogens is 286 g/mol. The van der Waals surface area contributed by atoms with E-state index in [0.29, 0.717) is 11.8 Å². The predicted octanol–water partition coefficient (Wildman–Crippen LogP) is 3.39. The highest BCUT2D eigenvalue weighted by Gasteiger charge is 2.49. The molecule has 4 heteroatoms. The van der Waals surface area contributed by atoms with Crippen LogP contribution in [0.5, 0.6) is 0 Å². The maximum absolute atomic E-state index is 11.7. The third-order valence-corrected chi connectivity index (χ3v) is 6.98. The minimum absolute atomic E-state index is 0.335. The molecule has 0 saturated carbocycles. The molecule has 0 radical (unpaired) electrons. The molecule has 3 fully saturated rings. The Hall–Kier alpha value is -0.680. The molecule has 2 bridgehead atoms. The zero-order valence-corrected chi connectivity index (χ0v) is 13.0. The van der Waals surface area contributed by atoms with Crippen LogP contribution in [0.1, 0.15) is 22.6 Å². The molecule has 0 amide bonds. The molecule has 0 aliphatic carbocycles. The third kappa shape index (κ3) is 1.90. The van der Waals surface area contributed by atoms with E-state index in [1.54, 1.807) is 22.7 Å². The lowest BCUT2D eigenvalue weighted by molar-refractivity contribution is -0.0725. The van der Waals surface area contributed by atoms with Gasteiger partial charge in [-0.1, -0.05) is 12.1 Å². The second kappa shape index (κ2) is 4.95. The SMILES string of the molecule is OC(c1cccs1)(c1cccs1)C1CN2CCC1CC2. The standard InChI is InChI=1S/C16H19NOS2/c18-16(14-3-1-9-19-14,15-4-2-10-20-15)13-11-17-7-5-12(13)6-8-17/h1-4,9-10,12-13,18H,5-8,11H2. The number of fused-ring (bicyclic) bond motifs is 3. The van der Waals surface area contributed by atoms with Crippen LogP contribution in [-0.4, -0.2) is 29.6 Å². The van der Waals surface area contributed by atoms with Crippen molar-refractivity contribution < 1.29 is 5.11 Å². The molecule has 3 aliphatic rings. The Kier molecular flexibility index (Phi) is 3.22. The molecule has 2 aromatic rings. The van der Waals surface area contributed by atoms with Crippen molar-refractivity contribution in [3.63, 3.8) is 0 Å². The predicted molar refractivity (Wildman–Crippen MR) is 84.3 cm³/mol. The summed E-state index contributed by atoms with van der Waals surface area (Å²) in [5.41, 5.74) is -0.786. The van der Waals surface area contributed by atoms with Gasteiger partial charge >= 0.3 is 0 Å². The molecule has 1 N–H and O–H groups in total. The Morgan fingerprint density at radius 1 is 1.05 bits per heavy atom. The molecule has 20 heavy (non-hydrogen) atoms. The average molecular weight is 305 g/mol. The van der Waals surface area contributed by atoms with Crippen molar-refractivity contribution in [2.45, 2.75) is 18.4 Å². The lowest BCUT2D eigenvalue weighted by Crippen LogP contribution is -2.55. The van der Waals surface area contributed by atoms with E-state index in [4.69, 9.17) is 0 Å². The summed E-state index contributed by atoms with van der Waals surface area (Å²) in [6, 6.07) is 8.31. The highest BCUT2D eigenvalue weighted by molar-refractivity contribution is 7.11. The van der Waals surface area contributed by atoms with E-state index in [-0.39, 0.29) is 0 Å². The van der Waals surface area contributed by atoms with Crippen molar-refractivity contribution in [3.8, 4) is 0 Å². The summed E-state index contributed by atoms with van der Waals surface area (Å²) in [6.07, 6.45) is 2.48. The number of piperidine rings is 3. The van der Waals surface area contributed by atoms with Gasteiger partial charge in [0.25, 0.3) is 0 Å². The number of hydrogen-bond acceptors (Lipinski definition) is 4. The van der Waals surface area contributed by atoms with Crippen LogP contribution in [0, 0.1) is 11.8 Å². The third-order valence-electron chi connectivity index (χ3n) is 4.99.